The number of hydrogen-bond donors (Lipinski definition) is 2. The van der Waals surface area contributed by atoms with Gasteiger partial charge in [0.25, 0.3) is 11.5 Å². The number of nitrogens with zero attached hydrogens (tertiary/aromatic N) is 5. The van der Waals surface area contributed by atoms with E-state index in [2.05, 4.69) is 83.1 Å². The van der Waals surface area contributed by atoms with Crippen LogP contribution in [0.3, 0.4) is 0 Å². The van der Waals surface area contributed by atoms with Gasteiger partial charge >= 0.3 is 0 Å². The summed E-state index contributed by atoms with van der Waals surface area (Å²) in [4.78, 5) is 62.0. The maximum absolute atomic E-state index is 15.2. The molecule has 4 aliphatic heterocycles. The van der Waals surface area contributed by atoms with Gasteiger partial charge in [0.15, 0.2) is 0 Å². The lowest BCUT2D eigenvalue weighted by Gasteiger charge is -2.40. The van der Waals surface area contributed by atoms with E-state index in [4.69, 9.17) is 4.98 Å². The third-order valence-corrected chi connectivity index (χ3v) is 14.0. The highest BCUT2D eigenvalue weighted by Gasteiger charge is 2.48. The Labute approximate surface area is 334 Å². The summed E-state index contributed by atoms with van der Waals surface area (Å²) >= 11 is 3.87. The molecule has 0 bridgehead atoms. The van der Waals surface area contributed by atoms with E-state index in [1.165, 1.54) is 35.5 Å². The molecule has 56 heavy (non-hydrogen) atoms. The number of fused-ring (bicyclic) bond motifs is 7. The number of benzene rings is 2. The predicted octanol–water partition coefficient (Wildman–Crippen LogP) is 5.54. The van der Waals surface area contributed by atoms with Crippen LogP contribution in [0, 0.1) is 11.7 Å². The largest absolute Gasteiger partial charge is 0.371 e. The van der Waals surface area contributed by atoms with Crippen LogP contribution >= 0.6 is 15.9 Å². The van der Waals surface area contributed by atoms with Crippen LogP contribution in [-0.2, 0) is 19.3 Å². The molecule has 6 aliphatic rings. The van der Waals surface area contributed by atoms with Crippen molar-refractivity contribution in [2.24, 2.45) is 5.92 Å². The molecule has 2 unspecified atom stereocenters. The lowest BCUT2D eigenvalue weighted by molar-refractivity contribution is -0.134. The van der Waals surface area contributed by atoms with Crippen molar-refractivity contribution in [3.63, 3.8) is 0 Å². The standard InChI is InChI=1S/C43H49BrFN7O4/c1-42(44)15-5-6-34-37(42)40(56)48-41-43(16-3-2-4-17-43)31-10-8-29(25-35(31)52(34)41)50-18-13-27(14-19-50)26-49-20-22-51(23-21-49)28-7-9-30(32(45)24-28)38(54)46-33-11-12-36(53)47-39(33)55/h5-10,24-25,27,33H,2-4,11-23,26H2,1H3,(H,46,54)(H,47,53,55). The highest BCUT2D eigenvalue weighted by molar-refractivity contribution is 9.09. The lowest BCUT2D eigenvalue weighted by Crippen LogP contribution is -2.52. The second-order valence-electron chi connectivity index (χ2n) is 16.8. The van der Waals surface area contributed by atoms with Crippen LogP contribution in [0.1, 0.15) is 104 Å². The van der Waals surface area contributed by atoms with Gasteiger partial charge in [-0.3, -0.25) is 34.0 Å². The molecule has 1 spiro atoms. The van der Waals surface area contributed by atoms with Crippen LogP contribution in [0.5, 0.6) is 0 Å². The van der Waals surface area contributed by atoms with Gasteiger partial charge in [0.05, 0.1) is 32.2 Å². The second-order valence-corrected chi connectivity index (χ2v) is 18.6. The third kappa shape index (κ3) is 6.58. The van der Waals surface area contributed by atoms with Gasteiger partial charge in [-0.25, -0.2) is 4.39 Å². The predicted molar refractivity (Wildman–Crippen MR) is 217 cm³/mol. The van der Waals surface area contributed by atoms with E-state index in [-0.39, 0.29) is 35.3 Å². The highest BCUT2D eigenvalue weighted by Crippen LogP contribution is 2.53. The zero-order valence-corrected chi connectivity index (χ0v) is 33.5. The molecule has 2 aromatic carbocycles. The highest BCUT2D eigenvalue weighted by atomic mass is 79.9. The van der Waals surface area contributed by atoms with Crippen LogP contribution in [0.15, 0.2) is 47.3 Å². The number of rotatable bonds is 6. The van der Waals surface area contributed by atoms with Crippen molar-refractivity contribution >= 4 is 51.1 Å². The summed E-state index contributed by atoms with van der Waals surface area (Å²) in [5.41, 5.74) is 5.77. The molecule has 294 valence electrons. The molecule has 13 heteroatoms. The fourth-order valence-corrected chi connectivity index (χ4v) is 10.8. The molecule has 3 amide bonds. The SMILES string of the molecule is CC1(Br)CC=Cc2c1c(=O)nc1n2-c2cc(N3CCC(CN4CCN(c5ccc(C(=O)NC6CCC(=O)NC6=O)c(F)c5)CC4)CC3)ccc2C12CCCCC2. The zero-order valence-electron chi connectivity index (χ0n) is 31.9. The smallest absolute Gasteiger partial charge is 0.278 e. The first-order valence-corrected chi connectivity index (χ1v) is 21.1. The van der Waals surface area contributed by atoms with Gasteiger partial charge in [0.1, 0.15) is 17.7 Å². The van der Waals surface area contributed by atoms with E-state index in [1.807, 2.05) is 0 Å². The molecule has 2 N–H and O–H groups in total. The van der Waals surface area contributed by atoms with Gasteiger partial charge in [0, 0.05) is 63.6 Å². The van der Waals surface area contributed by atoms with E-state index in [0.29, 0.717) is 5.92 Å². The van der Waals surface area contributed by atoms with Gasteiger partial charge < -0.3 is 15.1 Å². The minimum absolute atomic E-state index is 0.102. The number of piperazine rings is 1. The van der Waals surface area contributed by atoms with Crippen molar-refractivity contribution in [2.75, 3.05) is 55.6 Å². The van der Waals surface area contributed by atoms with Crippen molar-refractivity contribution in [1.82, 2.24) is 25.1 Å². The Morgan fingerprint density at radius 3 is 2.39 bits per heavy atom. The number of imide groups is 1. The summed E-state index contributed by atoms with van der Waals surface area (Å²) in [5.74, 6) is -0.705. The summed E-state index contributed by atoms with van der Waals surface area (Å²) < 4.78 is 17.0. The number of aromatic nitrogens is 2. The zero-order chi connectivity index (χ0) is 38.8. The number of anilines is 2. The molecule has 3 aromatic rings. The molecule has 2 atom stereocenters. The average Bonchev–Trinajstić information content (AvgIpc) is 3.44. The van der Waals surface area contributed by atoms with Crippen LogP contribution in [0.2, 0.25) is 0 Å². The maximum atomic E-state index is 15.2. The molecule has 3 saturated heterocycles. The van der Waals surface area contributed by atoms with Crippen molar-refractivity contribution in [3.05, 3.63) is 86.9 Å². The van der Waals surface area contributed by atoms with Crippen LogP contribution in [-0.4, -0.2) is 84.0 Å². The summed E-state index contributed by atoms with van der Waals surface area (Å²) in [7, 11) is 0. The van der Waals surface area contributed by atoms with Crippen LogP contribution in [0.4, 0.5) is 15.8 Å². The normalized spacial score (nSPS) is 24.8. The van der Waals surface area contributed by atoms with E-state index < -0.39 is 28.0 Å². The monoisotopic (exact) mass is 825 g/mol. The molecule has 9 rings (SSSR count). The van der Waals surface area contributed by atoms with Crippen LogP contribution in [0.25, 0.3) is 11.8 Å². The van der Waals surface area contributed by atoms with E-state index in [1.54, 1.807) is 6.07 Å². The fourth-order valence-electron chi connectivity index (χ4n) is 10.2. The van der Waals surface area contributed by atoms with Gasteiger partial charge in [-0.15, -0.1) is 0 Å². The molecule has 11 nitrogen and oxygen atoms in total. The number of carbonyl (C=O) groups excluding carboxylic acids is 3. The quantitative estimate of drug-likeness (QED) is 0.246. The Bertz CT molecular complexity index is 2180. The van der Waals surface area contributed by atoms with Gasteiger partial charge in [-0.1, -0.05) is 47.3 Å². The van der Waals surface area contributed by atoms with Crippen molar-refractivity contribution in [2.45, 2.75) is 86.9 Å². The fraction of sp³-hybridized carbons (Fsp3) is 0.512. The van der Waals surface area contributed by atoms with Gasteiger partial charge in [-0.05, 0) is 93.3 Å². The Kier molecular flexibility index (Phi) is 9.67. The van der Waals surface area contributed by atoms with E-state index in [9.17, 15) is 19.2 Å². The first-order chi connectivity index (χ1) is 27.0. The summed E-state index contributed by atoms with van der Waals surface area (Å²) in [6.45, 7) is 8.41. The summed E-state index contributed by atoms with van der Waals surface area (Å²) in [6, 6.07) is 10.8. The number of alkyl halides is 1. The first kappa shape index (κ1) is 37.2. The van der Waals surface area contributed by atoms with Gasteiger partial charge in [0.2, 0.25) is 11.8 Å². The van der Waals surface area contributed by atoms with E-state index in [0.717, 1.165) is 114 Å². The van der Waals surface area contributed by atoms with Crippen molar-refractivity contribution < 1.29 is 18.8 Å². The molecule has 4 fully saturated rings. The number of piperidine rings is 2. The Balaban J connectivity index is 0.827. The lowest BCUT2D eigenvalue weighted by atomic mass is 9.70. The summed E-state index contributed by atoms with van der Waals surface area (Å²) in [5, 5.41) is 4.77. The number of carbonyl (C=O) groups is 3. The number of allylic oxidation sites excluding steroid dienone is 1. The Morgan fingerprint density at radius 1 is 0.946 bits per heavy atom. The van der Waals surface area contributed by atoms with E-state index >= 15 is 4.39 Å². The number of nitrogens with one attached hydrogen (secondary N) is 2. The molecule has 1 aromatic heterocycles. The molecule has 5 heterocycles. The maximum Gasteiger partial charge on any atom is 0.278 e. The molecule has 1 saturated carbocycles. The number of halogens is 2. The van der Waals surface area contributed by atoms with Gasteiger partial charge in [-0.2, -0.15) is 4.98 Å². The Morgan fingerprint density at radius 2 is 1.66 bits per heavy atom. The van der Waals surface area contributed by atoms with Crippen molar-refractivity contribution in [3.8, 4) is 5.69 Å². The topological polar surface area (TPSA) is 120 Å². The minimum Gasteiger partial charge on any atom is -0.371 e. The third-order valence-electron chi connectivity index (χ3n) is 13.3. The minimum atomic E-state index is -0.854. The average molecular weight is 827 g/mol. The molecular weight excluding hydrogens is 777 g/mol. The number of amides is 3. The number of hydrogen-bond acceptors (Lipinski definition) is 8. The van der Waals surface area contributed by atoms with Crippen LogP contribution < -0.4 is 26.0 Å². The molecule has 0 radical (unpaired) electrons. The second kappa shape index (κ2) is 14.5. The molecular formula is C43H49BrFN7O4. The Hall–Kier alpha value is -4.36. The summed E-state index contributed by atoms with van der Waals surface area (Å²) in [6.07, 6.45) is 13.2. The van der Waals surface area contributed by atoms with Crippen molar-refractivity contribution in [1.29, 1.82) is 0 Å². The molecule has 2 aliphatic carbocycles. The first-order valence-electron chi connectivity index (χ1n) is 20.4.